The number of anilines is 1. The fourth-order valence-electron chi connectivity index (χ4n) is 3.97. The molecular formula is C19H17ClF3IN5O2P. The van der Waals surface area contributed by atoms with Gasteiger partial charge in [0, 0.05) is 18.7 Å². The molecule has 7 nitrogen and oxygen atoms in total. The van der Waals surface area contributed by atoms with E-state index in [9.17, 15) is 22.8 Å². The second kappa shape index (κ2) is 8.83. The number of aromatic nitrogens is 4. The van der Waals surface area contributed by atoms with Gasteiger partial charge in [-0.3, -0.25) is 19.4 Å². The van der Waals surface area contributed by atoms with Crippen molar-refractivity contribution in [3.8, 4) is 0 Å². The number of nitrogens with one attached hydrogen (secondary N) is 1. The summed E-state index contributed by atoms with van der Waals surface area (Å²) in [5.74, 6) is 0. The lowest BCUT2D eigenvalue weighted by atomic mass is 10.00. The first-order valence-electron chi connectivity index (χ1n) is 9.51. The largest absolute Gasteiger partial charge is 0.416 e. The van der Waals surface area contributed by atoms with Crippen molar-refractivity contribution in [2.45, 2.75) is 32.1 Å². The van der Waals surface area contributed by atoms with Crippen molar-refractivity contribution < 1.29 is 13.2 Å². The van der Waals surface area contributed by atoms with E-state index in [1.165, 1.54) is 27.5 Å². The van der Waals surface area contributed by atoms with E-state index in [1.807, 2.05) is 22.0 Å². The molecule has 2 aromatic heterocycles. The van der Waals surface area contributed by atoms with E-state index < -0.39 is 23.3 Å². The van der Waals surface area contributed by atoms with Crippen molar-refractivity contribution in [3.05, 3.63) is 78.6 Å². The van der Waals surface area contributed by atoms with Crippen LogP contribution in [-0.2, 0) is 19.1 Å². The van der Waals surface area contributed by atoms with Crippen molar-refractivity contribution in [1.82, 2.24) is 19.3 Å². The van der Waals surface area contributed by atoms with Crippen molar-refractivity contribution in [2.75, 3.05) is 11.4 Å². The lowest BCUT2D eigenvalue weighted by Gasteiger charge is -2.30. The van der Waals surface area contributed by atoms with Gasteiger partial charge in [0.15, 0.2) is 0 Å². The van der Waals surface area contributed by atoms with Gasteiger partial charge in [-0.05, 0) is 40.6 Å². The maximum absolute atomic E-state index is 13.5. The zero-order valence-corrected chi connectivity index (χ0v) is 20.5. The van der Waals surface area contributed by atoms with E-state index in [1.54, 1.807) is 17.9 Å². The molecule has 0 spiro atoms. The predicted molar refractivity (Wildman–Crippen MR) is 126 cm³/mol. The van der Waals surface area contributed by atoms with Crippen LogP contribution < -0.4 is 16.0 Å². The highest BCUT2D eigenvalue weighted by Gasteiger charge is 2.35. The van der Waals surface area contributed by atoms with Crippen LogP contribution in [0.25, 0.3) is 0 Å². The molecule has 2 unspecified atom stereocenters. The Kier molecular flexibility index (Phi) is 6.43. The molecule has 1 aliphatic heterocycles. The predicted octanol–water partition coefficient (Wildman–Crippen LogP) is 4.37. The molecule has 0 radical (unpaired) electrons. The summed E-state index contributed by atoms with van der Waals surface area (Å²) in [7, 11) is 0. The summed E-state index contributed by atoms with van der Waals surface area (Å²) in [5.41, 5.74) is 0.0506. The zero-order valence-electron chi connectivity index (χ0n) is 16.6. The van der Waals surface area contributed by atoms with Crippen LogP contribution in [0, 0.1) is 0 Å². The summed E-state index contributed by atoms with van der Waals surface area (Å²) in [6, 6.07) is 4.62. The molecule has 13 heteroatoms. The lowest BCUT2D eigenvalue weighted by molar-refractivity contribution is -0.138. The third-order valence-electron chi connectivity index (χ3n) is 5.53. The number of aromatic amines is 1. The van der Waals surface area contributed by atoms with Crippen molar-refractivity contribution in [2.24, 2.45) is 0 Å². The normalized spacial score (nSPS) is 15.4. The maximum Gasteiger partial charge on any atom is 0.416 e. The van der Waals surface area contributed by atoms with Crippen LogP contribution in [0.2, 0.25) is 5.02 Å². The number of hydrogen-bond donors (Lipinski definition) is 1. The minimum absolute atomic E-state index is 0.0240. The first kappa shape index (κ1) is 23.3. The molecule has 170 valence electrons. The maximum atomic E-state index is 13.5. The number of halogens is 5. The monoisotopic (exact) mass is 597 g/mol. The molecule has 1 aliphatic rings. The Morgan fingerprint density at radius 1 is 1.28 bits per heavy atom. The summed E-state index contributed by atoms with van der Waals surface area (Å²) < 4.78 is 43.3. The number of H-pyrrole nitrogens is 1. The van der Waals surface area contributed by atoms with Crippen LogP contribution >= 0.6 is 40.0 Å². The molecule has 1 aromatic carbocycles. The molecule has 4 rings (SSSR count). The van der Waals surface area contributed by atoms with E-state index in [0.29, 0.717) is 29.9 Å². The van der Waals surface area contributed by atoms with Gasteiger partial charge < -0.3 is 4.90 Å². The van der Waals surface area contributed by atoms with Gasteiger partial charge in [-0.15, -0.1) is 0 Å². The summed E-state index contributed by atoms with van der Waals surface area (Å²) in [6.07, 6.45) is -2.52. The van der Waals surface area contributed by atoms with Gasteiger partial charge in [0.2, 0.25) is 0 Å². The highest BCUT2D eigenvalue weighted by atomic mass is 127. The van der Waals surface area contributed by atoms with Gasteiger partial charge >= 0.3 is 6.18 Å². The summed E-state index contributed by atoms with van der Waals surface area (Å²) in [5, 5.41) is 6.83. The van der Waals surface area contributed by atoms with Crippen molar-refractivity contribution in [1.29, 1.82) is 0 Å². The van der Waals surface area contributed by atoms with Crippen LogP contribution in [0.3, 0.4) is 0 Å². The Hall–Kier alpha value is -1.85. The smallest absolute Gasteiger partial charge is 0.364 e. The van der Waals surface area contributed by atoms with E-state index in [2.05, 4.69) is 10.2 Å². The van der Waals surface area contributed by atoms with Crippen LogP contribution in [-0.4, -0.2) is 25.9 Å². The topological polar surface area (TPSA) is 75.9 Å². The molecule has 0 saturated carbocycles. The minimum Gasteiger partial charge on any atom is -0.364 e. The van der Waals surface area contributed by atoms with E-state index in [-0.39, 0.29) is 29.1 Å². The summed E-state index contributed by atoms with van der Waals surface area (Å²) in [4.78, 5) is 26.8. The average molecular weight is 598 g/mol. The van der Waals surface area contributed by atoms with E-state index in [4.69, 9.17) is 11.6 Å². The second-order valence-electron chi connectivity index (χ2n) is 7.31. The fourth-order valence-corrected chi connectivity index (χ4v) is 5.61. The van der Waals surface area contributed by atoms with Crippen molar-refractivity contribution in [3.63, 3.8) is 0 Å². The van der Waals surface area contributed by atoms with E-state index in [0.717, 1.165) is 6.07 Å². The summed E-state index contributed by atoms with van der Waals surface area (Å²) >= 11 is 8.29. The Morgan fingerprint density at radius 2 is 2.00 bits per heavy atom. The standard InChI is InChI=1S/C19H17ClF3IN5O2P/c1-10(11-4-2-3-5-13(11)19(21,22)23)28-14-6-7-27(9-12(14)17(30)26-28)15-8-25-29(32-24)18(31)16(15)20/h2-5,8,10,32H,6-7,9H2,1H3,(H,26,30). The molecule has 0 saturated heterocycles. The average Bonchev–Trinajstić information content (AvgIpc) is 3.10. The molecule has 0 fully saturated rings. The highest BCUT2D eigenvalue weighted by Crippen LogP contribution is 2.36. The lowest BCUT2D eigenvalue weighted by Crippen LogP contribution is -2.34. The number of fused-ring (bicyclic) bond motifs is 1. The van der Waals surface area contributed by atoms with Crippen LogP contribution in [0.4, 0.5) is 18.9 Å². The second-order valence-corrected chi connectivity index (χ2v) is 9.73. The summed E-state index contributed by atoms with van der Waals surface area (Å²) in [6.45, 7) is 2.22. The molecule has 2 atom stereocenters. The molecular weight excluding hydrogens is 581 g/mol. The van der Waals surface area contributed by atoms with Gasteiger partial charge in [-0.2, -0.15) is 18.3 Å². The third-order valence-corrected chi connectivity index (χ3v) is 7.73. The van der Waals surface area contributed by atoms with E-state index >= 15 is 0 Å². The number of hydrogen-bond acceptors (Lipinski definition) is 4. The van der Waals surface area contributed by atoms with Gasteiger partial charge in [0.05, 0.1) is 42.0 Å². The SMILES string of the molecule is CC(c1ccccc1C(F)(F)F)n1[nH]c(=O)c2c1CCN(c1cnn(PI)c(=O)c1Cl)C2. The van der Waals surface area contributed by atoms with Crippen LogP contribution in [0.5, 0.6) is 0 Å². The molecule has 0 amide bonds. The van der Waals surface area contributed by atoms with Gasteiger partial charge in [0.25, 0.3) is 11.1 Å². The quantitative estimate of drug-likeness (QED) is 0.358. The zero-order chi connectivity index (χ0) is 23.2. The molecule has 32 heavy (non-hydrogen) atoms. The molecule has 0 bridgehead atoms. The Balaban J connectivity index is 1.70. The van der Waals surface area contributed by atoms with Gasteiger partial charge in [-0.1, -0.05) is 29.8 Å². The third kappa shape index (κ3) is 4.10. The van der Waals surface area contributed by atoms with Gasteiger partial charge in [0.1, 0.15) is 5.02 Å². The number of nitrogens with zero attached hydrogens (tertiary/aromatic N) is 4. The molecule has 1 N–H and O–H groups in total. The van der Waals surface area contributed by atoms with Gasteiger partial charge in [-0.25, -0.2) is 4.45 Å². The Labute approximate surface area is 199 Å². The first-order valence-corrected chi connectivity index (χ1v) is 13.9. The number of rotatable bonds is 4. The minimum atomic E-state index is -4.50. The number of benzene rings is 1. The Bertz CT molecular complexity index is 1290. The number of alkyl halides is 3. The van der Waals surface area contributed by atoms with Crippen LogP contribution in [0.15, 0.2) is 40.1 Å². The molecule has 3 heterocycles. The molecule has 0 aliphatic carbocycles. The fraction of sp³-hybridized carbons (Fsp3) is 0.316. The first-order chi connectivity index (χ1) is 15.1. The van der Waals surface area contributed by atoms with Crippen molar-refractivity contribution >= 4 is 45.7 Å². The van der Waals surface area contributed by atoms with Crippen LogP contribution in [0.1, 0.15) is 35.3 Å². The highest BCUT2D eigenvalue weighted by molar-refractivity contribution is 14.2. The molecule has 3 aromatic rings. The Morgan fingerprint density at radius 3 is 2.69 bits per heavy atom.